The van der Waals surface area contributed by atoms with E-state index in [-0.39, 0.29) is 11.3 Å². The maximum absolute atomic E-state index is 13.7. The molecule has 21 heavy (non-hydrogen) atoms. The summed E-state index contributed by atoms with van der Waals surface area (Å²) in [6.07, 6.45) is 0. The first-order valence-electron chi connectivity index (χ1n) is 6.28. The van der Waals surface area contributed by atoms with Crippen LogP contribution in [0, 0.1) is 17.1 Å². The monoisotopic (exact) mass is 295 g/mol. The Morgan fingerprint density at radius 2 is 1.67 bits per heavy atom. The van der Waals surface area contributed by atoms with Crippen LogP contribution in [-0.2, 0) is 0 Å². The molecular weight excluding hydrogens is 285 g/mol. The summed E-state index contributed by atoms with van der Waals surface area (Å²) in [6.45, 7) is 0. The van der Waals surface area contributed by atoms with E-state index in [2.05, 4.69) is 0 Å². The average Bonchev–Trinajstić information content (AvgIpc) is 2.51. The Hall–Kier alpha value is -2.51. The van der Waals surface area contributed by atoms with Gasteiger partial charge in [-0.25, -0.2) is 4.39 Å². The molecule has 0 radical (unpaired) electrons. The van der Waals surface area contributed by atoms with Gasteiger partial charge in [-0.1, -0.05) is 42.1 Å². The average molecular weight is 295 g/mol. The van der Waals surface area contributed by atoms with Gasteiger partial charge in [0.1, 0.15) is 23.2 Å². The number of halogens is 1. The van der Waals surface area contributed by atoms with Gasteiger partial charge in [-0.3, -0.25) is 0 Å². The third kappa shape index (κ3) is 2.44. The molecule has 0 saturated carbocycles. The minimum Gasteiger partial charge on any atom is -0.507 e. The predicted molar refractivity (Wildman–Crippen MR) is 80.9 cm³/mol. The van der Waals surface area contributed by atoms with Crippen molar-refractivity contribution in [3.8, 4) is 11.8 Å². The summed E-state index contributed by atoms with van der Waals surface area (Å²) in [5.74, 6) is -0.319. The van der Waals surface area contributed by atoms with E-state index in [4.69, 9.17) is 5.26 Å². The second kappa shape index (κ2) is 5.47. The van der Waals surface area contributed by atoms with Crippen LogP contribution in [-0.4, -0.2) is 5.11 Å². The fourth-order valence-electron chi connectivity index (χ4n) is 2.16. The van der Waals surface area contributed by atoms with Crippen molar-refractivity contribution in [1.82, 2.24) is 0 Å². The van der Waals surface area contributed by atoms with E-state index < -0.39 is 5.82 Å². The van der Waals surface area contributed by atoms with Gasteiger partial charge in [0, 0.05) is 15.2 Å². The van der Waals surface area contributed by atoms with Crippen LogP contribution in [0.2, 0.25) is 0 Å². The zero-order valence-electron chi connectivity index (χ0n) is 10.9. The number of hydrogen-bond acceptors (Lipinski definition) is 3. The third-order valence-electron chi connectivity index (χ3n) is 3.17. The SMILES string of the molecule is N#Cc1c(F)cccc1Sc1ccc(O)c2ccccc12. The Labute approximate surface area is 125 Å². The third-order valence-corrected chi connectivity index (χ3v) is 4.30. The van der Waals surface area contributed by atoms with Crippen molar-refractivity contribution in [3.63, 3.8) is 0 Å². The molecule has 0 spiro atoms. The largest absolute Gasteiger partial charge is 0.507 e. The second-order valence-electron chi connectivity index (χ2n) is 4.46. The molecular formula is C17H10FNOS. The van der Waals surface area contributed by atoms with Crippen molar-refractivity contribution >= 4 is 22.5 Å². The van der Waals surface area contributed by atoms with E-state index in [1.165, 1.54) is 17.8 Å². The lowest BCUT2D eigenvalue weighted by atomic mass is 10.1. The van der Waals surface area contributed by atoms with Gasteiger partial charge in [-0.2, -0.15) is 5.26 Å². The van der Waals surface area contributed by atoms with Crippen LogP contribution in [0.3, 0.4) is 0 Å². The summed E-state index contributed by atoms with van der Waals surface area (Å²) in [6, 6.07) is 17.3. The molecule has 0 atom stereocenters. The lowest BCUT2D eigenvalue weighted by Crippen LogP contribution is -1.87. The zero-order chi connectivity index (χ0) is 14.8. The zero-order valence-corrected chi connectivity index (χ0v) is 11.7. The van der Waals surface area contributed by atoms with Gasteiger partial charge in [0.15, 0.2) is 0 Å². The van der Waals surface area contributed by atoms with Crippen LogP contribution in [0.5, 0.6) is 5.75 Å². The molecule has 102 valence electrons. The molecule has 0 saturated heterocycles. The van der Waals surface area contributed by atoms with Gasteiger partial charge < -0.3 is 5.11 Å². The first kappa shape index (κ1) is 13.5. The normalized spacial score (nSPS) is 10.5. The number of benzene rings is 3. The lowest BCUT2D eigenvalue weighted by molar-refractivity contribution is 0.481. The topological polar surface area (TPSA) is 44.0 Å². The molecule has 2 nitrogen and oxygen atoms in total. The molecule has 3 rings (SSSR count). The molecule has 0 aromatic heterocycles. The van der Waals surface area contributed by atoms with Crippen LogP contribution >= 0.6 is 11.8 Å². The molecule has 4 heteroatoms. The Bertz CT molecular complexity index is 870. The number of phenols is 1. The fourth-order valence-corrected chi connectivity index (χ4v) is 3.21. The Balaban J connectivity index is 2.14. The highest BCUT2D eigenvalue weighted by Crippen LogP contribution is 2.38. The molecule has 0 aliphatic heterocycles. The summed E-state index contributed by atoms with van der Waals surface area (Å²) >= 11 is 1.32. The van der Waals surface area contributed by atoms with E-state index in [1.807, 2.05) is 30.3 Å². The van der Waals surface area contributed by atoms with Gasteiger partial charge in [0.05, 0.1) is 0 Å². The van der Waals surface area contributed by atoms with Gasteiger partial charge >= 0.3 is 0 Å². The maximum atomic E-state index is 13.7. The number of fused-ring (bicyclic) bond motifs is 1. The minimum absolute atomic E-state index is 0.0413. The summed E-state index contributed by atoms with van der Waals surface area (Å²) < 4.78 is 13.7. The molecule has 1 N–H and O–H groups in total. The standard InChI is InChI=1S/C17H10FNOS/c18-14-6-3-7-16(13(14)10-19)21-17-9-8-15(20)11-4-1-2-5-12(11)17/h1-9,20H. The van der Waals surface area contributed by atoms with Crippen LogP contribution in [0.4, 0.5) is 4.39 Å². The minimum atomic E-state index is -0.523. The van der Waals surface area contributed by atoms with Gasteiger partial charge in [0.25, 0.3) is 0 Å². The van der Waals surface area contributed by atoms with E-state index in [9.17, 15) is 9.50 Å². The lowest BCUT2D eigenvalue weighted by Gasteiger charge is -2.09. The van der Waals surface area contributed by atoms with E-state index in [0.29, 0.717) is 4.90 Å². The number of rotatable bonds is 2. The summed E-state index contributed by atoms with van der Waals surface area (Å²) in [7, 11) is 0. The molecule has 0 bridgehead atoms. The summed E-state index contributed by atoms with van der Waals surface area (Å²) in [5, 5.41) is 20.6. The van der Waals surface area contributed by atoms with Crippen LogP contribution in [0.25, 0.3) is 10.8 Å². The van der Waals surface area contributed by atoms with E-state index >= 15 is 0 Å². The molecule has 0 heterocycles. The van der Waals surface area contributed by atoms with Crippen LogP contribution < -0.4 is 0 Å². The number of hydrogen-bond donors (Lipinski definition) is 1. The van der Waals surface area contributed by atoms with Crippen LogP contribution in [0.1, 0.15) is 5.56 Å². The molecule has 0 unspecified atom stereocenters. The molecule has 3 aromatic carbocycles. The molecule has 0 aliphatic rings. The first-order chi connectivity index (χ1) is 10.2. The number of nitrogens with zero attached hydrogens (tertiary/aromatic N) is 1. The van der Waals surface area contributed by atoms with E-state index in [0.717, 1.165) is 15.7 Å². The number of aromatic hydroxyl groups is 1. The first-order valence-corrected chi connectivity index (χ1v) is 7.09. The van der Waals surface area contributed by atoms with E-state index in [1.54, 1.807) is 24.3 Å². The Morgan fingerprint density at radius 3 is 2.43 bits per heavy atom. The summed E-state index contributed by atoms with van der Waals surface area (Å²) in [5.41, 5.74) is 0.0413. The predicted octanol–water partition coefficient (Wildman–Crippen LogP) is 4.71. The molecule has 0 aliphatic carbocycles. The van der Waals surface area contributed by atoms with Gasteiger partial charge in [0.2, 0.25) is 0 Å². The summed E-state index contributed by atoms with van der Waals surface area (Å²) in [4.78, 5) is 1.43. The Morgan fingerprint density at radius 1 is 0.905 bits per heavy atom. The van der Waals surface area contributed by atoms with Crippen LogP contribution in [0.15, 0.2) is 64.4 Å². The van der Waals surface area contributed by atoms with Crippen molar-refractivity contribution in [3.05, 3.63) is 66.0 Å². The molecule has 0 amide bonds. The highest BCUT2D eigenvalue weighted by molar-refractivity contribution is 7.99. The van der Waals surface area contributed by atoms with Gasteiger partial charge in [-0.05, 0) is 29.7 Å². The van der Waals surface area contributed by atoms with Crippen molar-refractivity contribution in [1.29, 1.82) is 5.26 Å². The highest BCUT2D eigenvalue weighted by atomic mass is 32.2. The van der Waals surface area contributed by atoms with Crippen molar-refractivity contribution in [2.75, 3.05) is 0 Å². The number of phenolic OH excluding ortho intramolecular Hbond substituents is 1. The Kier molecular flexibility index (Phi) is 3.51. The smallest absolute Gasteiger partial charge is 0.142 e. The maximum Gasteiger partial charge on any atom is 0.142 e. The molecule has 0 fully saturated rings. The van der Waals surface area contributed by atoms with Crippen molar-refractivity contribution in [2.45, 2.75) is 9.79 Å². The highest BCUT2D eigenvalue weighted by Gasteiger charge is 2.11. The fraction of sp³-hybridized carbons (Fsp3) is 0. The number of nitriles is 1. The second-order valence-corrected chi connectivity index (χ2v) is 5.54. The van der Waals surface area contributed by atoms with Gasteiger partial charge in [-0.15, -0.1) is 0 Å². The van der Waals surface area contributed by atoms with Crippen molar-refractivity contribution < 1.29 is 9.50 Å². The quantitative estimate of drug-likeness (QED) is 0.744. The molecule has 3 aromatic rings. The van der Waals surface area contributed by atoms with Crippen molar-refractivity contribution in [2.24, 2.45) is 0 Å².